The number of hydrogen-bond acceptors (Lipinski definition) is 3. The van der Waals surface area contributed by atoms with Crippen molar-refractivity contribution in [2.24, 2.45) is 0 Å². The predicted octanol–water partition coefficient (Wildman–Crippen LogP) is 2.23. The van der Waals surface area contributed by atoms with E-state index < -0.39 is 24.0 Å². The third-order valence-corrected chi connectivity index (χ3v) is 7.23. The van der Waals surface area contributed by atoms with Gasteiger partial charge in [0.25, 0.3) is 0 Å². The van der Waals surface area contributed by atoms with Crippen molar-refractivity contribution in [2.75, 3.05) is 6.26 Å². The summed E-state index contributed by atoms with van der Waals surface area (Å²) < 4.78 is 33.7. The van der Waals surface area contributed by atoms with Crippen LogP contribution in [0, 0.1) is 5.82 Å². The molecule has 0 radical (unpaired) electrons. The third-order valence-electron chi connectivity index (χ3n) is 1.98. The van der Waals surface area contributed by atoms with Gasteiger partial charge in [-0.2, -0.15) is 0 Å². The van der Waals surface area contributed by atoms with Crippen LogP contribution in [0.3, 0.4) is 0 Å². The second kappa shape index (κ2) is 4.75. The van der Waals surface area contributed by atoms with Gasteiger partial charge in [0.05, 0.1) is 0 Å². The number of hydrogen-bond donors (Lipinski definition) is 1. The summed E-state index contributed by atoms with van der Waals surface area (Å²) in [6.45, 7) is 0. The summed E-state index contributed by atoms with van der Waals surface area (Å²) in [5.74, 6) is -0.561. The molecule has 1 aromatic carbocycles. The molecule has 0 saturated heterocycles. The topological polar surface area (TPSA) is 54.4 Å². The fourth-order valence-corrected chi connectivity index (χ4v) is 2.10. The molecule has 0 aliphatic heterocycles. The molecular weight excluding hydrogens is 370 g/mol. The quantitative estimate of drug-likeness (QED) is 0.648. The Kier molecular flexibility index (Phi) is 4.20. The van der Waals surface area contributed by atoms with E-state index in [-0.39, 0.29) is 5.56 Å². The Morgan fingerprint density at radius 1 is 1.56 bits per heavy atom. The van der Waals surface area contributed by atoms with Gasteiger partial charge >= 0.3 is 0 Å². The molecule has 0 unspecified atom stereocenters. The van der Waals surface area contributed by atoms with E-state index in [2.05, 4.69) is 0 Å². The highest BCUT2D eigenvalue weighted by Gasteiger charge is 2.44. The van der Waals surface area contributed by atoms with Crippen LogP contribution < -0.4 is 0 Å². The number of aliphatic hydroxyl groups excluding tert-OH is 1. The molecule has 0 aliphatic rings. The molecule has 16 heavy (non-hydrogen) atoms. The van der Waals surface area contributed by atoms with Crippen LogP contribution in [-0.2, 0) is 9.84 Å². The highest BCUT2D eigenvalue weighted by molar-refractivity contribution is 14.1. The van der Waals surface area contributed by atoms with E-state index >= 15 is 0 Å². The van der Waals surface area contributed by atoms with E-state index in [9.17, 15) is 17.9 Å². The summed E-state index contributed by atoms with van der Waals surface area (Å²) in [5.41, 5.74) is 0.120. The molecule has 1 N–H and O–H groups in total. The molecular formula is C9H9ClFIO3S. The predicted molar refractivity (Wildman–Crippen MR) is 68.8 cm³/mol. The standard InChI is InChI=1S/C9H9ClFIO3S/c1-16(14,15)9(10,12)8(13)6-3-2-4-7(11)5-6/h2-5,8,13H,1H3/t8-,9-/m1/s1. The molecule has 1 rings (SSSR count). The summed E-state index contributed by atoms with van der Waals surface area (Å²) in [4.78, 5) is 0. The zero-order chi connectivity index (χ0) is 12.6. The van der Waals surface area contributed by atoms with Gasteiger partial charge in [0.1, 0.15) is 11.9 Å². The number of alkyl halides is 2. The molecule has 2 atom stereocenters. The van der Waals surface area contributed by atoms with Gasteiger partial charge in [-0.3, -0.25) is 0 Å². The average molecular weight is 379 g/mol. The lowest BCUT2D eigenvalue weighted by atomic mass is 10.1. The largest absolute Gasteiger partial charge is 0.385 e. The minimum atomic E-state index is -3.68. The van der Waals surface area contributed by atoms with E-state index in [0.717, 1.165) is 12.3 Å². The van der Waals surface area contributed by atoms with Crippen LogP contribution in [0.2, 0.25) is 0 Å². The molecule has 0 heterocycles. The highest BCUT2D eigenvalue weighted by Crippen LogP contribution is 2.42. The Bertz CT molecular complexity index is 489. The molecule has 0 aromatic heterocycles. The average Bonchev–Trinajstić information content (AvgIpc) is 2.14. The molecule has 0 bridgehead atoms. The summed E-state index contributed by atoms with van der Waals surface area (Å²) in [5, 5.41) is 9.82. The number of sulfone groups is 1. The first kappa shape index (κ1) is 14.1. The van der Waals surface area contributed by atoms with E-state index in [1.54, 1.807) is 0 Å². The Balaban J connectivity index is 3.17. The fourth-order valence-electron chi connectivity index (χ4n) is 1.07. The second-order valence-corrected chi connectivity index (χ2v) is 9.37. The molecule has 0 saturated carbocycles. The van der Waals surface area contributed by atoms with Crippen molar-refractivity contribution >= 4 is 44.0 Å². The third kappa shape index (κ3) is 2.85. The van der Waals surface area contributed by atoms with Crippen LogP contribution in [0.25, 0.3) is 0 Å². The summed E-state index contributed by atoms with van der Waals surface area (Å²) in [6.07, 6.45) is -0.588. The Hall–Kier alpha value is 0.0800. The second-order valence-electron chi connectivity index (χ2n) is 3.29. The van der Waals surface area contributed by atoms with E-state index in [4.69, 9.17) is 11.6 Å². The maximum atomic E-state index is 12.9. The zero-order valence-corrected chi connectivity index (χ0v) is 11.9. The van der Waals surface area contributed by atoms with Crippen LogP contribution in [0.15, 0.2) is 24.3 Å². The summed E-state index contributed by atoms with van der Waals surface area (Å²) >= 11 is 7.20. The monoisotopic (exact) mass is 378 g/mol. The Labute approximate surface area is 112 Å². The molecule has 1 aromatic rings. The number of rotatable bonds is 3. The molecule has 7 heteroatoms. The molecule has 0 spiro atoms. The van der Waals surface area contributed by atoms with Gasteiger partial charge in [-0.05, 0) is 40.3 Å². The molecule has 90 valence electrons. The van der Waals surface area contributed by atoms with Crippen LogP contribution in [0.5, 0.6) is 0 Å². The normalized spacial score (nSPS) is 17.8. The Morgan fingerprint density at radius 2 is 2.12 bits per heavy atom. The first-order chi connectivity index (χ1) is 7.16. The lowest BCUT2D eigenvalue weighted by Gasteiger charge is -2.24. The van der Waals surface area contributed by atoms with E-state index in [0.29, 0.717) is 0 Å². The smallest absolute Gasteiger partial charge is 0.224 e. The molecule has 0 amide bonds. The summed E-state index contributed by atoms with van der Waals surface area (Å²) in [7, 11) is -3.68. The minimum Gasteiger partial charge on any atom is -0.385 e. The first-order valence-corrected chi connectivity index (χ1v) is 7.52. The summed E-state index contributed by atoms with van der Waals surface area (Å²) in [6, 6.07) is 5.03. The van der Waals surface area contributed by atoms with Crippen LogP contribution in [0.4, 0.5) is 4.39 Å². The van der Waals surface area contributed by atoms with Crippen molar-refractivity contribution in [3.05, 3.63) is 35.6 Å². The van der Waals surface area contributed by atoms with Gasteiger partial charge in [-0.1, -0.05) is 23.7 Å². The lowest BCUT2D eigenvalue weighted by molar-refractivity contribution is 0.187. The van der Waals surface area contributed by atoms with Crippen molar-refractivity contribution in [2.45, 2.75) is 8.32 Å². The van der Waals surface area contributed by atoms with Gasteiger partial charge in [0.2, 0.25) is 2.21 Å². The van der Waals surface area contributed by atoms with Crippen molar-refractivity contribution in [1.29, 1.82) is 0 Å². The van der Waals surface area contributed by atoms with E-state index in [1.807, 2.05) is 0 Å². The van der Waals surface area contributed by atoms with Crippen LogP contribution >= 0.6 is 34.2 Å². The van der Waals surface area contributed by atoms with Gasteiger partial charge in [-0.25, -0.2) is 12.8 Å². The van der Waals surface area contributed by atoms with Crippen molar-refractivity contribution in [3.8, 4) is 0 Å². The van der Waals surface area contributed by atoms with Gasteiger partial charge in [-0.15, -0.1) is 0 Å². The Morgan fingerprint density at radius 3 is 2.56 bits per heavy atom. The van der Waals surface area contributed by atoms with Crippen molar-refractivity contribution in [1.82, 2.24) is 0 Å². The lowest BCUT2D eigenvalue weighted by Crippen LogP contribution is -2.32. The minimum absolute atomic E-state index is 0.120. The van der Waals surface area contributed by atoms with Crippen LogP contribution in [0.1, 0.15) is 11.7 Å². The SMILES string of the molecule is CS(=O)(=O)[C@](Cl)(I)[C@H](O)c1cccc(F)c1. The van der Waals surface area contributed by atoms with Gasteiger partial charge in [0.15, 0.2) is 9.84 Å². The fraction of sp³-hybridized carbons (Fsp3) is 0.333. The molecule has 3 nitrogen and oxygen atoms in total. The maximum absolute atomic E-state index is 12.9. The first-order valence-electron chi connectivity index (χ1n) is 4.17. The van der Waals surface area contributed by atoms with Crippen molar-refractivity contribution < 1.29 is 17.9 Å². The maximum Gasteiger partial charge on any atom is 0.224 e. The zero-order valence-electron chi connectivity index (χ0n) is 8.19. The van der Waals surface area contributed by atoms with Gasteiger partial charge in [0, 0.05) is 6.26 Å². The number of benzene rings is 1. The molecule has 0 aliphatic carbocycles. The molecule has 0 fully saturated rings. The number of aliphatic hydroxyl groups is 1. The van der Waals surface area contributed by atoms with E-state index in [1.165, 1.54) is 40.8 Å². The van der Waals surface area contributed by atoms with Crippen molar-refractivity contribution in [3.63, 3.8) is 0 Å². The highest BCUT2D eigenvalue weighted by atomic mass is 127. The number of halogens is 3. The van der Waals surface area contributed by atoms with Gasteiger partial charge < -0.3 is 5.11 Å². The van der Waals surface area contributed by atoms with Crippen LogP contribution in [-0.4, -0.2) is 22.0 Å².